The summed E-state index contributed by atoms with van der Waals surface area (Å²) in [6, 6.07) is 13.1. The molecule has 0 spiro atoms. The Balaban J connectivity index is 0.00000106. The number of rotatable bonds is 7. The van der Waals surface area contributed by atoms with Crippen LogP contribution in [-0.2, 0) is 6.42 Å². The first-order valence-corrected chi connectivity index (χ1v) is 11.9. The molecule has 2 aromatic rings. The molecule has 30 heavy (non-hydrogen) atoms. The predicted octanol–water partition coefficient (Wildman–Crippen LogP) is 7.60. The zero-order valence-corrected chi connectivity index (χ0v) is 20.2. The summed E-state index contributed by atoms with van der Waals surface area (Å²) in [6.45, 7) is 14.5. The maximum atomic E-state index is 13.0. The van der Waals surface area contributed by atoms with Gasteiger partial charge in [-0.25, -0.2) is 4.39 Å². The smallest absolute Gasteiger partial charge is 0.123 e. The molecule has 1 saturated heterocycles. The maximum Gasteiger partial charge on any atom is 0.123 e. The van der Waals surface area contributed by atoms with Crippen LogP contribution in [0.3, 0.4) is 0 Å². The van der Waals surface area contributed by atoms with E-state index in [2.05, 4.69) is 22.3 Å². The van der Waals surface area contributed by atoms with Crippen molar-refractivity contribution in [3.05, 3.63) is 64.4 Å². The summed E-state index contributed by atoms with van der Waals surface area (Å²) >= 11 is 6.16. The van der Waals surface area contributed by atoms with Gasteiger partial charge in [-0.15, -0.1) is 0 Å². The lowest BCUT2D eigenvalue weighted by Crippen LogP contribution is -2.35. The number of halogens is 2. The van der Waals surface area contributed by atoms with Crippen molar-refractivity contribution in [1.29, 1.82) is 0 Å². The molecule has 0 amide bonds. The zero-order chi connectivity index (χ0) is 22.4. The summed E-state index contributed by atoms with van der Waals surface area (Å²) in [5.74, 6) is 0.578. The minimum atomic E-state index is -0.148. The van der Waals surface area contributed by atoms with E-state index < -0.39 is 0 Å². The van der Waals surface area contributed by atoms with E-state index in [9.17, 15) is 4.39 Å². The maximum absolute atomic E-state index is 13.0. The van der Waals surface area contributed by atoms with E-state index in [-0.39, 0.29) is 5.82 Å². The molecule has 1 aliphatic heterocycles. The quantitative estimate of drug-likeness (QED) is 0.451. The number of benzene rings is 2. The van der Waals surface area contributed by atoms with Crippen molar-refractivity contribution in [3.8, 4) is 0 Å². The molecule has 2 nitrogen and oxygen atoms in total. The minimum Gasteiger partial charge on any atom is -0.385 e. The van der Waals surface area contributed by atoms with E-state index in [1.54, 1.807) is 12.1 Å². The van der Waals surface area contributed by atoms with E-state index >= 15 is 0 Å². The van der Waals surface area contributed by atoms with Crippen LogP contribution in [0.25, 0.3) is 0 Å². The van der Waals surface area contributed by atoms with E-state index in [4.69, 9.17) is 11.6 Å². The van der Waals surface area contributed by atoms with Crippen LogP contribution in [0.1, 0.15) is 58.1 Å². The molecular weight excluding hydrogens is 395 g/mol. The molecule has 0 aromatic heterocycles. The first kappa shape index (κ1) is 26.5. The highest BCUT2D eigenvalue weighted by Crippen LogP contribution is 2.22. The van der Waals surface area contributed by atoms with Crippen molar-refractivity contribution in [1.82, 2.24) is 4.90 Å². The van der Waals surface area contributed by atoms with Crippen LogP contribution in [0.15, 0.2) is 42.5 Å². The molecule has 1 aliphatic rings. The molecule has 2 aromatic carbocycles. The molecule has 0 bridgehead atoms. The van der Waals surface area contributed by atoms with Crippen molar-refractivity contribution < 1.29 is 4.39 Å². The van der Waals surface area contributed by atoms with Gasteiger partial charge in [0.1, 0.15) is 5.82 Å². The fourth-order valence-electron chi connectivity index (χ4n) is 3.61. The zero-order valence-electron chi connectivity index (χ0n) is 19.5. The summed E-state index contributed by atoms with van der Waals surface area (Å²) in [5, 5.41) is 4.27. The topological polar surface area (TPSA) is 15.3 Å². The third-order valence-electron chi connectivity index (χ3n) is 5.30. The lowest BCUT2D eigenvalue weighted by Gasteiger charge is -2.32. The van der Waals surface area contributed by atoms with Gasteiger partial charge in [-0.3, -0.25) is 0 Å². The van der Waals surface area contributed by atoms with E-state index in [0.29, 0.717) is 0 Å². The molecule has 1 heterocycles. The summed E-state index contributed by atoms with van der Waals surface area (Å²) in [7, 11) is 0. The summed E-state index contributed by atoms with van der Waals surface area (Å²) in [6.07, 6.45) is 4.68. The number of nitrogens with zero attached hydrogens (tertiary/aromatic N) is 1. The second-order valence-corrected chi connectivity index (χ2v) is 7.77. The van der Waals surface area contributed by atoms with Crippen LogP contribution in [0.2, 0.25) is 5.02 Å². The number of anilines is 1. The van der Waals surface area contributed by atoms with E-state index in [1.807, 2.05) is 52.8 Å². The first-order chi connectivity index (χ1) is 14.6. The average Bonchev–Trinajstić information content (AvgIpc) is 2.79. The van der Waals surface area contributed by atoms with E-state index in [0.717, 1.165) is 48.1 Å². The SMILES string of the molecule is CC.CC.Cc1ccc(NCCCN2CCC(Cc3ccc(F)cc3)CC2)cc1Cl. The second-order valence-electron chi connectivity index (χ2n) is 7.36. The van der Waals surface area contributed by atoms with Crippen LogP contribution in [0.5, 0.6) is 0 Å². The van der Waals surface area contributed by atoms with Crippen LogP contribution < -0.4 is 5.32 Å². The fraction of sp³-hybridized carbons (Fsp3) is 0.538. The number of hydrogen-bond acceptors (Lipinski definition) is 2. The molecule has 3 rings (SSSR count). The van der Waals surface area contributed by atoms with Crippen molar-refractivity contribution in [3.63, 3.8) is 0 Å². The van der Waals surface area contributed by atoms with Crippen LogP contribution in [0.4, 0.5) is 10.1 Å². The number of nitrogens with one attached hydrogen (secondary N) is 1. The number of aryl methyl sites for hydroxylation is 1. The summed E-state index contributed by atoms with van der Waals surface area (Å²) in [4.78, 5) is 2.56. The summed E-state index contributed by atoms with van der Waals surface area (Å²) in [5.41, 5.74) is 3.46. The average molecular weight is 435 g/mol. The van der Waals surface area contributed by atoms with Crippen LogP contribution >= 0.6 is 11.6 Å². The molecule has 0 aliphatic carbocycles. The monoisotopic (exact) mass is 434 g/mol. The lowest BCUT2D eigenvalue weighted by molar-refractivity contribution is 0.183. The Hall–Kier alpha value is -1.58. The highest BCUT2D eigenvalue weighted by Gasteiger charge is 2.19. The fourth-order valence-corrected chi connectivity index (χ4v) is 3.79. The van der Waals surface area contributed by atoms with Crippen LogP contribution in [-0.4, -0.2) is 31.1 Å². The van der Waals surface area contributed by atoms with Gasteiger partial charge in [0.05, 0.1) is 0 Å². The Morgan fingerprint density at radius 3 is 2.23 bits per heavy atom. The van der Waals surface area contributed by atoms with Crippen molar-refractivity contribution in [2.24, 2.45) is 5.92 Å². The van der Waals surface area contributed by atoms with Gasteiger partial charge in [-0.1, -0.05) is 57.5 Å². The minimum absolute atomic E-state index is 0.148. The molecule has 0 radical (unpaired) electrons. The molecule has 1 N–H and O–H groups in total. The van der Waals surface area contributed by atoms with Gasteiger partial charge in [0.2, 0.25) is 0 Å². The lowest BCUT2D eigenvalue weighted by atomic mass is 9.90. The second kappa shape index (κ2) is 15.3. The normalized spacial score (nSPS) is 14.2. The Morgan fingerprint density at radius 2 is 1.63 bits per heavy atom. The van der Waals surface area contributed by atoms with Gasteiger partial charge >= 0.3 is 0 Å². The van der Waals surface area contributed by atoms with E-state index in [1.165, 1.54) is 31.5 Å². The number of hydrogen-bond donors (Lipinski definition) is 1. The summed E-state index contributed by atoms with van der Waals surface area (Å²) < 4.78 is 13.0. The molecular formula is C26H40ClFN2. The molecule has 0 atom stereocenters. The molecule has 1 fully saturated rings. The third kappa shape index (κ3) is 9.49. The van der Waals surface area contributed by atoms with Crippen molar-refractivity contribution >= 4 is 17.3 Å². The van der Waals surface area contributed by atoms with Gasteiger partial charge in [-0.2, -0.15) is 0 Å². The Kier molecular flexibility index (Phi) is 13.5. The van der Waals surface area contributed by atoms with Crippen LogP contribution in [0, 0.1) is 18.7 Å². The molecule has 168 valence electrons. The van der Waals surface area contributed by atoms with Crippen molar-refractivity contribution in [2.45, 2.75) is 60.3 Å². The van der Waals surface area contributed by atoms with Gasteiger partial charge in [0.15, 0.2) is 0 Å². The Bertz CT molecular complexity index is 695. The third-order valence-corrected chi connectivity index (χ3v) is 5.70. The van der Waals surface area contributed by atoms with Crippen molar-refractivity contribution in [2.75, 3.05) is 31.5 Å². The largest absolute Gasteiger partial charge is 0.385 e. The van der Waals surface area contributed by atoms with Gasteiger partial charge in [0, 0.05) is 17.3 Å². The first-order valence-electron chi connectivity index (χ1n) is 11.6. The number of likely N-dealkylation sites (tertiary alicyclic amines) is 1. The molecule has 0 saturated carbocycles. The standard InChI is InChI=1S/C22H28ClFN2.2C2H6/c1-17-3-8-21(16-22(17)23)25-11-2-12-26-13-9-19(10-14-26)15-18-4-6-20(24)7-5-18;2*1-2/h3-8,16,19,25H,2,9-15H2,1H3;2*1-2H3. The highest BCUT2D eigenvalue weighted by molar-refractivity contribution is 6.31. The molecule has 0 unspecified atom stereocenters. The van der Waals surface area contributed by atoms with Gasteiger partial charge in [0.25, 0.3) is 0 Å². The Morgan fingerprint density at radius 1 is 1.00 bits per heavy atom. The predicted molar refractivity (Wildman–Crippen MR) is 131 cm³/mol. The van der Waals surface area contributed by atoms with Gasteiger partial charge < -0.3 is 10.2 Å². The Labute approximate surface area is 188 Å². The number of piperidine rings is 1. The van der Waals surface area contributed by atoms with Gasteiger partial charge in [-0.05, 0) is 93.6 Å². The highest BCUT2D eigenvalue weighted by atomic mass is 35.5. The molecule has 4 heteroatoms.